The van der Waals surface area contributed by atoms with E-state index in [1.54, 1.807) is 0 Å². The van der Waals surface area contributed by atoms with Gasteiger partial charge in [-0.2, -0.15) is 0 Å². The summed E-state index contributed by atoms with van der Waals surface area (Å²) < 4.78 is 0. The van der Waals surface area contributed by atoms with Crippen molar-refractivity contribution in [1.29, 1.82) is 0 Å². The van der Waals surface area contributed by atoms with E-state index in [4.69, 9.17) is 0 Å². The lowest BCUT2D eigenvalue weighted by atomic mass is 9.99. The van der Waals surface area contributed by atoms with Gasteiger partial charge in [0.05, 0.1) is 0 Å². The third kappa shape index (κ3) is 3.28. The molecule has 1 atom stereocenters. The lowest BCUT2D eigenvalue weighted by molar-refractivity contribution is -0.122. The van der Waals surface area contributed by atoms with Gasteiger partial charge in [-0.25, -0.2) is 0 Å². The molecule has 0 aliphatic carbocycles. The molecule has 3 nitrogen and oxygen atoms in total. The molecular weight excluding hydrogens is 236 g/mol. The predicted octanol–water partition coefficient (Wildman–Crippen LogP) is 2.88. The molecular formula is C16H24N2O. The Kier molecular flexibility index (Phi) is 4.83. The van der Waals surface area contributed by atoms with Gasteiger partial charge in [0.2, 0.25) is 5.91 Å². The van der Waals surface area contributed by atoms with Crippen molar-refractivity contribution >= 4 is 11.6 Å². The molecule has 0 unspecified atom stereocenters. The van der Waals surface area contributed by atoms with Crippen LogP contribution < -0.4 is 10.2 Å². The lowest BCUT2D eigenvalue weighted by Gasteiger charge is -2.37. The first-order valence-electron chi connectivity index (χ1n) is 7.34. The normalized spacial score (nSPS) is 19.3. The molecule has 3 heteroatoms. The number of anilines is 1. The van der Waals surface area contributed by atoms with Gasteiger partial charge >= 0.3 is 0 Å². The summed E-state index contributed by atoms with van der Waals surface area (Å²) in [6.45, 7) is 5.96. The van der Waals surface area contributed by atoms with Crippen molar-refractivity contribution in [2.24, 2.45) is 0 Å². The van der Waals surface area contributed by atoms with Crippen molar-refractivity contribution in [3.63, 3.8) is 0 Å². The Morgan fingerprint density at radius 2 is 2.16 bits per heavy atom. The zero-order chi connectivity index (χ0) is 13.7. The molecule has 104 valence electrons. The van der Waals surface area contributed by atoms with E-state index < -0.39 is 0 Å². The van der Waals surface area contributed by atoms with E-state index in [0.717, 1.165) is 32.4 Å². The molecule has 0 saturated carbocycles. The first kappa shape index (κ1) is 13.9. The highest BCUT2D eigenvalue weighted by Crippen LogP contribution is 2.27. The Hall–Kier alpha value is -1.51. The van der Waals surface area contributed by atoms with E-state index in [-0.39, 0.29) is 11.9 Å². The van der Waals surface area contributed by atoms with Crippen molar-refractivity contribution in [3.8, 4) is 0 Å². The number of carbonyl (C=O) groups is 1. The molecule has 2 rings (SSSR count). The van der Waals surface area contributed by atoms with E-state index in [0.29, 0.717) is 0 Å². The fourth-order valence-corrected chi connectivity index (χ4v) is 2.74. The van der Waals surface area contributed by atoms with Crippen LogP contribution in [0.2, 0.25) is 0 Å². The van der Waals surface area contributed by atoms with Crippen molar-refractivity contribution in [3.05, 3.63) is 29.8 Å². The van der Waals surface area contributed by atoms with Crippen LogP contribution >= 0.6 is 0 Å². The van der Waals surface area contributed by atoms with Gasteiger partial charge in [-0.1, -0.05) is 25.1 Å². The maximum atomic E-state index is 12.3. The van der Waals surface area contributed by atoms with Crippen molar-refractivity contribution < 1.29 is 4.79 Å². The average molecular weight is 260 g/mol. The Morgan fingerprint density at radius 3 is 2.89 bits per heavy atom. The molecule has 1 amide bonds. The number of para-hydroxylation sites is 1. The first-order chi connectivity index (χ1) is 9.24. The van der Waals surface area contributed by atoms with Crippen LogP contribution in [0.5, 0.6) is 0 Å². The smallest absolute Gasteiger partial charge is 0.242 e. The number of aryl methyl sites for hydroxylation is 1. The highest BCUT2D eigenvalue weighted by atomic mass is 16.2. The van der Waals surface area contributed by atoms with Crippen LogP contribution in [0.25, 0.3) is 0 Å². The van der Waals surface area contributed by atoms with E-state index in [1.165, 1.54) is 17.7 Å². The summed E-state index contributed by atoms with van der Waals surface area (Å²) in [6.07, 6.45) is 4.27. The Bertz CT molecular complexity index is 431. The van der Waals surface area contributed by atoms with E-state index in [2.05, 4.69) is 48.3 Å². The fourth-order valence-electron chi connectivity index (χ4n) is 2.74. The van der Waals surface area contributed by atoms with Crippen LogP contribution in [0.4, 0.5) is 5.69 Å². The molecule has 19 heavy (non-hydrogen) atoms. The molecule has 0 spiro atoms. The van der Waals surface area contributed by atoms with Crippen molar-refractivity contribution in [1.82, 2.24) is 5.32 Å². The maximum absolute atomic E-state index is 12.3. The highest BCUT2D eigenvalue weighted by molar-refractivity contribution is 5.85. The molecule has 1 N–H and O–H groups in total. The second-order valence-corrected chi connectivity index (χ2v) is 5.28. The number of nitrogens with zero attached hydrogens (tertiary/aromatic N) is 1. The van der Waals surface area contributed by atoms with Gasteiger partial charge in [-0.05, 0) is 44.2 Å². The topological polar surface area (TPSA) is 32.3 Å². The van der Waals surface area contributed by atoms with Crippen LogP contribution in [0.15, 0.2) is 24.3 Å². The lowest BCUT2D eigenvalue weighted by Crippen LogP contribution is -2.50. The summed E-state index contributed by atoms with van der Waals surface area (Å²) in [4.78, 5) is 14.6. The van der Waals surface area contributed by atoms with Gasteiger partial charge in [-0.3, -0.25) is 4.79 Å². The monoisotopic (exact) mass is 260 g/mol. The number of rotatable bonds is 4. The Balaban J connectivity index is 2.16. The van der Waals surface area contributed by atoms with Gasteiger partial charge in [0.15, 0.2) is 0 Å². The summed E-state index contributed by atoms with van der Waals surface area (Å²) in [5, 5.41) is 3.04. The molecule has 1 aliphatic rings. The van der Waals surface area contributed by atoms with Gasteiger partial charge in [-0.15, -0.1) is 0 Å². The molecule has 1 aliphatic heterocycles. The minimum atomic E-state index is 0.00130. The SMILES string of the molecule is CCCNC(=O)[C@@H]1CCCCN1c1ccccc1C. The van der Waals surface area contributed by atoms with E-state index in [1.807, 2.05) is 0 Å². The van der Waals surface area contributed by atoms with Gasteiger partial charge in [0.1, 0.15) is 6.04 Å². The second-order valence-electron chi connectivity index (χ2n) is 5.28. The number of hydrogen-bond donors (Lipinski definition) is 1. The molecule has 0 bridgehead atoms. The zero-order valence-electron chi connectivity index (χ0n) is 12.0. The van der Waals surface area contributed by atoms with Gasteiger partial charge in [0.25, 0.3) is 0 Å². The molecule has 0 aromatic heterocycles. The fraction of sp³-hybridized carbons (Fsp3) is 0.562. The van der Waals surface area contributed by atoms with Crippen LogP contribution in [0.3, 0.4) is 0 Å². The number of nitrogens with one attached hydrogen (secondary N) is 1. The number of amides is 1. The van der Waals surface area contributed by atoms with Gasteiger partial charge in [0, 0.05) is 18.8 Å². The Labute approximate surface area is 116 Å². The number of hydrogen-bond acceptors (Lipinski definition) is 2. The molecule has 1 fully saturated rings. The summed E-state index contributed by atoms with van der Waals surface area (Å²) in [6, 6.07) is 8.35. The summed E-state index contributed by atoms with van der Waals surface area (Å²) in [5.74, 6) is 0.185. The van der Waals surface area contributed by atoms with E-state index in [9.17, 15) is 4.79 Å². The van der Waals surface area contributed by atoms with Crippen molar-refractivity contribution in [2.75, 3.05) is 18.0 Å². The molecule has 0 radical (unpaired) electrons. The largest absolute Gasteiger partial charge is 0.359 e. The molecule has 1 saturated heterocycles. The summed E-state index contributed by atoms with van der Waals surface area (Å²) in [7, 11) is 0. The number of benzene rings is 1. The third-order valence-corrected chi connectivity index (χ3v) is 3.78. The van der Waals surface area contributed by atoms with Crippen LogP contribution in [0, 0.1) is 6.92 Å². The minimum absolute atomic E-state index is 0.00130. The number of piperidine rings is 1. The summed E-state index contributed by atoms with van der Waals surface area (Å²) >= 11 is 0. The first-order valence-corrected chi connectivity index (χ1v) is 7.34. The molecule has 1 aromatic rings. The summed E-state index contributed by atoms with van der Waals surface area (Å²) in [5.41, 5.74) is 2.46. The van der Waals surface area contributed by atoms with Crippen molar-refractivity contribution in [2.45, 2.75) is 45.6 Å². The Morgan fingerprint density at radius 1 is 1.37 bits per heavy atom. The van der Waals surface area contributed by atoms with Gasteiger partial charge < -0.3 is 10.2 Å². The quantitative estimate of drug-likeness (QED) is 0.903. The number of carbonyl (C=O) groups excluding carboxylic acids is 1. The predicted molar refractivity (Wildman–Crippen MR) is 79.5 cm³/mol. The zero-order valence-corrected chi connectivity index (χ0v) is 12.0. The standard InChI is InChI=1S/C16H24N2O/c1-3-11-17-16(19)15-10-6-7-12-18(15)14-9-5-4-8-13(14)2/h4-5,8-9,15H,3,6-7,10-12H2,1-2H3,(H,17,19)/t15-/m0/s1. The highest BCUT2D eigenvalue weighted by Gasteiger charge is 2.29. The van der Waals surface area contributed by atoms with Crippen LogP contribution in [0.1, 0.15) is 38.2 Å². The van der Waals surface area contributed by atoms with Crippen LogP contribution in [-0.4, -0.2) is 25.0 Å². The van der Waals surface area contributed by atoms with Crippen LogP contribution in [-0.2, 0) is 4.79 Å². The van der Waals surface area contributed by atoms with E-state index >= 15 is 0 Å². The minimum Gasteiger partial charge on any atom is -0.359 e. The second kappa shape index (κ2) is 6.60. The average Bonchev–Trinajstić information content (AvgIpc) is 2.45. The third-order valence-electron chi connectivity index (χ3n) is 3.78. The maximum Gasteiger partial charge on any atom is 0.242 e. The molecule has 1 aromatic carbocycles. The molecule has 1 heterocycles.